The van der Waals surface area contributed by atoms with E-state index >= 15 is 24.0 Å². The molecule has 3 heterocycles. The minimum absolute atomic E-state index is 0.0367. The Hall–Kier alpha value is -12.5. The summed E-state index contributed by atoms with van der Waals surface area (Å²) in [4.78, 5) is 292. The quantitative estimate of drug-likeness (QED) is 0.0111. The number of carboxylic acids is 6. The highest BCUT2D eigenvalue weighted by molar-refractivity contribution is 8.76. The zero-order valence-electron chi connectivity index (χ0n) is 81.2. The Balaban J connectivity index is 1.28. The number of carbonyl (C=O) groups is 21. The average molecular weight is 2050 g/mol. The molecule has 3 fully saturated rings. The van der Waals surface area contributed by atoms with Crippen LogP contribution in [0.2, 0.25) is 0 Å². The number of aliphatic carboxylic acids is 6. The maximum atomic E-state index is 15.4. The third-order valence-electron chi connectivity index (χ3n) is 23.8. The number of thiocarbonyl (C=S) groups is 1. The molecule has 19 atom stereocenters. The molecule has 2 aromatic rings. The molecule has 16 N–H and O–H groups in total. The number of nitrogens with one attached hydrogen (secondary N) is 9. The molecule has 5 rings (SSSR count). The van der Waals surface area contributed by atoms with Gasteiger partial charge in [0.1, 0.15) is 91.0 Å². The lowest BCUT2D eigenvalue weighted by Crippen LogP contribution is -2.62. The molecule has 141 heavy (non-hydrogen) atoms. The van der Waals surface area contributed by atoms with Crippen molar-refractivity contribution in [2.24, 2.45) is 29.6 Å². The lowest BCUT2D eigenvalue weighted by Gasteiger charge is -2.36. The zero-order chi connectivity index (χ0) is 106. The van der Waals surface area contributed by atoms with Gasteiger partial charge in [0.15, 0.2) is 23.1 Å². The number of rotatable bonds is 47. The first-order valence-corrected chi connectivity index (χ1v) is 49.2. The number of Topliss-reactive ketones (excluding diaryl/α,β-unsaturated/α-hetero) is 1. The summed E-state index contributed by atoms with van der Waals surface area (Å²) in [6.07, 6.45) is -13.2. The number of likely N-dealkylation sites (tertiary alicyclic amines) is 1. The second-order valence-electron chi connectivity index (χ2n) is 36.0. The van der Waals surface area contributed by atoms with E-state index in [0.29, 0.717) is 23.3 Å². The van der Waals surface area contributed by atoms with Crippen LogP contribution < -0.4 is 52.6 Å². The van der Waals surface area contributed by atoms with Crippen molar-refractivity contribution in [3.63, 3.8) is 0 Å². The lowest BCUT2D eigenvalue weighted by molar-refractivity contribution is -0.163. The van der Waals surface area contributed by atoms with Crippen LogP contribution in [-0.4, -0.2) is 340 Å². The van der Waals surface area contributed by atoms with E-state index in [0.717, 1.165) is 36.3 Å². The van der Waals surface area contributed by atoms with Crippen molar-refractivity contribution in [2.75, 3.05) is 52.4 Å². The Labute approximate surface area is 828 Å². The predicted molar refractivity (Wildman–Crippen MR) is 508 cm³/mol. The van der Waals surface area contributed by atoms with E-state index in [-0.39, 0.29) is 87.8 Å². The number of nitrogens with zero attached hydrogens (tertiary/aromatic N) is 4. The van der Waals surface area contributed by atoms with Crippen LogP contribution in [0.5, 0.6) is 5.75 Å². The van der Waals surface area contributed by atoms with Crippen LogP contribution in [0.1, 0.15) is 184 Å². The molecule has 3 aliphatic rings. The summed E-state index contributed by atoms with van der Waals surface area (Å²) in [5.74, 6) is -26.2. The van der Waals surface area contributed by atoms with Crippen LogP contribution in [0, 0.1) is 29.6 Å². The minimum atomic E-state index is -1.96. The van der Waals surface area contributed by atoms with Gasteiger partial charge in [0.25, 0.3) is 5.91 Å². The largest absolute Gasteiger partial charge is 0.509 e. The van der Waals surface area contributed by atoms with Crippen molar-refractivity contribution in [1.29, 1.82) is 0 Å². The molecular formula is C92H133N13O33S3. The molecule has 3 aliphatic heterocycles. The van der Waals surface area contributed by atoms with Gasteiger partial charge in [-0.2, -0.15) is 0 Å². The average Bonchev–Trinajstić information content (AvgIpc) is 1.32. The van der Waals surface area contributed by atoms with Gasteiger partial charge in [-0.1, -0.05) is 126 Å². The number of cyclic esters (lactones) is 2. The van der Waals surface area contributed by atoms with Crippen LogP contribution in [-0.2, 0) is 128 Å². The number of carboxylic acid groups (broad SMARTS) is 6. The van der Waals surface area contributed by atoms with Crippen LogP contribution in [0.4, 0.5) is 4.79 Å². The number of esters is 2. The molecule has 0 aromatic heterocycles. The molecular weight excluding hydrogens is 1910 g/mol. The van der Waals surface area contributed by atoms with Crippen LogP contribution in [0.15, 0.2) is 54.6 Å². The van der Waals surface area contributed by atoms with E-state index in [1.54, 1.807) is 96.1 Å². The minimum Gasteiger partial charge on any atom is -0.497 e. The Morgan fingerprint density at radius 2 is 1.20 bits per heavy atom. The van der Waals surface area contributed by atoms with Gasteiger partial charge in [0.05, 0.1) is 38.0 Å². The van der Waals surface area contributed by atoms with E-state index in [1.165, 1.54) is 46.9 Å². The number of hydrogen-bond donors (Lipinski definition) is 16. The maximum absolute atomic E-state index is 15.4. The van der Waals surface area contributed by atoms with E-state index in [9.17, 15) is 107 Å². The van der Waals surface area contributed by atoms with Crippen molar-refractivity contribution < 1.29 is 160 Å². The Bertz CT molecular complexity index is 4750. The van der Waals surface area contributed by atoms with Gasteiger partial charge in [-0.05, 0) is 138 Å². The lowest BCUT2D eigenvalue weighted by atomic mass is 9.91. The smallest absolute Gasteiger partial charge is 0.497 e. The molecule has 2 aromatic carbocycles. The van der Waals surface area contributed by atoms with Crippen LogP contribution in [0.3, 0.4) is 0 Å². The summed E-state index contributed by atoms with van der Waals surface area (Å²) in [6.45, 7) is 17.0. The molecule has 3 saturated heterocycles. The number of aliphatic hydroxyl groups is 1. The second kappa shape index (κ2) is 58.0. The number of likely N-dealkylation sites (N-methyl/N-ethyl adjacent to an activating group) is 2. The third-order valence-corrected chi connectivity index (χ3v) is 26.4. The normalized spacial score (nSPS) is 21.5. The molecule has 0 aliphatic carbocycles. The number of benzene rings is 2. The summed E-state index contributed by atoms with van der Waals surface area (Å²) >= 11 is 4.98. The van der Waals surface area contributed by atoms with E-state index in [4.69, 9.17) is 41.0 Å². The van der Waals surface area contributed by atoms with E-state index in [2.05, 4.69) is 47.9 Å². The van der Waals surface area contributed by atoms with Crippen LogP contribution >= 0.6 is 33.8 Å². The summed E-state index contributed by atoms with van der Waals surface area (Å²) in [7, 11) is 5.93. The number of fused-ring (bicyclic) bond motifs is 1. The van der Waals surface area contributed by atoms with Crippen molar-refractivity contribution in [1.82, 2.24) is 67.5 Å². The maximum Gasteiger partial charge on any atom is 0.509 e. The number of carbonyl (C=O) groups excluding carboxylic acids is 15. The summed E-state index contributed by atoms with van der Waals surface area (Å²) in [6, 6.07) is -5.94. The van der Waals surface area contributed by atoms with Gasteiger partial charge in [-0.3, -0.25) is 71.9 Å². The number of amides is 11. The summed E-state index contributed by atoms with van der Waals surface area (Å²) in [5, 5.41) is 91.3. The summed E-state index contributed by atoms with van der Waals surface area (Å²) < 4.78 is 28.0. The molecule has 782 valence electrons. The van der Waals surface area contributed by atoms with Gasteiger partial charge in [-0.25, -0.2) is 28.8 Å². The van der Waals surface area contributed by atoms with Crippen molar-refractivity contribution in [3.05, 3.63) is 65.7 Å². The number of hydrogen-bond acceptors (Lipinski definition) is 30. The van der Waals surface area contributed by atoms with Crippen molar-refractivity contribution in [3.8, 4) is 5.75 Å². The fraction of sp³-hybridized carbons (Fsp3) is 0.630. The van der Waals surface area contributed by atoms with Gasteiger partial charge < -0.3 is 127 Å². The molecule has 11 amide bonds. The SMILES string of the molecule is CC[C@@H](C)[C@@H]1NC(=O)[C@H](NC(=O)[C@H](CC(C)C)N(C)C(=O)C2CCCN2C(=O)[C@@H](C)OC(=O)OCCSSC[C@H](NC(=O)[C@H](Cc2ccccc2)NC(=O)[C@H](CC(=O)O)NC(=O)CC[C@H](NC(=O)CC[C@H](NC(=S)N[C@@H](CCC(=O)O)C(=O)O)C(=O)O)C(=O)O)C(=O)O)[C@H](C)OC(=O)[C@@H](Cc2ccc(OC)cc2)N(C)C(=O)[C@H]2CCCN2C(=O)C(CC(C)C)NC(=O)[C@H](C)C(=O)[C@@H](C(C)C)OC(=O)C[C@H]1O. The topological polar surface area (TPSA) is 667 Å². The zero-order valence-corrected chi connectivity index (χ0v) is 83.7. The number of ether oxygens (including phenoxy) is 5. The first-order chi connectivity index (χ1) is 66.3. The summed E-state index contributed by atoms with van der Waals surface area (Å²) in [5.41, 5.74) is 0.900. The second-order valence-corrected chi connectivity index (χ2v) is 39.0. The monoisotopic (exact) mass is 2040 g/mol. The van der Waals surface area contributed by atoms with E-state index < -0.39 is 308 Å². The molecule has 0 spiro atoms. The molecule has 2 unspecified atom stereocenters. The highest BCUT2D eigenvalue weighted by Gasteiger charge is 2.48. The number of methoxy groups -OCH3 is 1. The van der Waals surface area contributed by atoms with E-state index in [1.807, 2.05) is 13.8 Å². The van der Waals surface area contributed by atoms with Gasteiger partial charge in [0.2, 0.25) is 59.1 Å². The van der Waals surface area contributed by atoms with Gasteiger partial charge in [0, 0.05) is 70.8 Å². The van der Waals surface area contributed by atoms with Crippen molar-refractivity contribution in [2.45, 2.75) is 288 Å². The predicted octanol–water partition coefficient (Wildman–Crippen LogP) is 1.48. The highest BCUT2D eigenvalue weighted by Crippen LogP contribution is 2.30. The molecule has 46 nitrogen and oxygen atoms in total. The third kappa shape index (κ3) is 38.1. The Morgan fingerprint density at radius 3 is 1.75 bits per heavy atom. The fourth-order valence-electron chi connectivity index (χ4n) is 15.7. The Morgan fingerprint density at radius 1 is 0.631 bits per heavy atom. The van der Waals surface area contributed by atoms with Gasteiger partial charge >= 0.3 is 53.9 Å². The first kappa shape index (κ1) is 119. The first-order valence-electron chi connectivity index (χ1n) is 46.3. The Kier molecular flexibility index (Phi) is 48.9. The van der Waals surface area contributed by atoms with Crippen molar-refractivity contribution >= 4 is 164 Å². The number of ketones is 1. The molecule has 0 bridgehead atoms. The highest BCUT2D eigenvalue weighted by atomic mass is 33.1. The molecule has 0 saturated carbocycles. The molecule has 49 heteroatoms. The number of aliphatic hydroxyl groups excluding tert-OH is 1. The molecule has 0 radical (unpaired) electrons. The standard InChI is InChI=1S/C92H133N13O33S3/c1-15-49(8)73-67(106)44-72(113)138-76(48(6)7)75(114)50(9)77(115)96-61(39-46(2)3)83(121)105-36-20-24-64(105)85(123)103(13)66(42-54-25-27-55(134-14)28-26-54)90(132)136-51(10)74(81(119)100-73)101-80(118)65(40-47(4)5)102(12)84(122)63-23-19-35-104(63)82(120)52(11)137-92(133)135-37-38-140-141-45-62(89(130)131)97-78(116)59(41-53-21-17-16-18-22-53)95-79(117)60(43-71(111)112)94-69(108)32-29-56(86(124)125)93-68(107)33-30-57(87(126)127)98-91(139)99-58(88(128)129)31-34-70(109)110/h16-18,21-22,25-28,46-52,56-67,73-74,76,106H,15,19-20,23-24,29-45H2,1-14H3,(H,93,107)(H,94,108)(H,95,117)(H,96,115)(H,97,116)(H,100,119)(H,101,118)(H,109,110)(H,111,112)(H,124,125)(H,126,127)(H,128,129)(H,130,131)(H2,98,99,139)/t49-,50-,51+,52-,56+,57+,58+,59+,60+,61?,62+,63?,64-,65+,66-,67-,73+,74-,76-/m1/s1. The van der Waals surface area contributed by atoms with Gasteiger partial charge in [-0.15, -0.1) is 0 Å². The fourth-order valence-corrected chi connectivity index (χ4v) is 18.0. The van der Waals surface area contributed by atoms with Crippen LogP contribution in [0.25, 0.3) is 0 Å².